The Labute approximate surface area is 127 Å². The van der Waals surface area contributed by atoms with Crippen LogP contribution < -0.4 is 15.1 Å². The molecule has 1 saturated heterocycles. The maximum Gasteiger partial charge on any atom is 0.278 e. The van der Waals surface area contributed by atoms with Gasteiger partial charge in [-0.05, 0) is 19.8 Å². The lowest BCUT2D eigenvalue weighted by atomic mass is 10.1. The second-order valence-electron chi connectivity index (χ2n) is 6.58. The highest BCUT2D eigenvalue weighted by atomic mass is 16.2. The summed E-state index contributed by atoms with van der Waals surface area (Å²) in [6, 6.07) is 11.3. The first-order valence-corrected chi connectivity index (χ1v) is 8.25. The Bertz CT molecular complexity index is 464. The number of rotatable bonds is 5. The van der Waals surface area contributed by atoms with Crippen LogP contribution in [0.3, 0.4) is 0 Å². The molecule has 0 bridgehead atoms. The fourth-order valence-corrected chi connectivity index (χ4v) is 3.16. The number of nitrogens with one attached hydrogen (secondary N) is 3. The van der Waals surface area contributed by atoms with Crippen molar-refractivity contribution in [2.75, 3.05) is 26.2 Å². The van der Waals surface area contributed by atoms with E-state index in [1.165, 1.54) is 23.3 Å². The Morgan fingerprint density at radius 2 is 1.86 bits per heavy atom. The van der Waals surface area contributed by atoms with E-state index in [1.807, 2.05) is 0 Å². The van der Waals surface area contributed by atoms with Gasteiger partial charge in [0.05, 0.1) is 0 Å². The quantitative estimate of drug-likeness (QED) is 0.615. The maximum absolute atomic E-state index is 12.1. The average molecular weight is 289 g/mol. The van der Waals surface area contributed by atoms with Gasteiger partial charge in [0.15, 0.2) is 6.04 Å². The lowest BCUT2D eigenvalue weighted by Crippen LogP contribution is -3.29. The molecular weight excluding hydrogens is 262 g/mol. The second-order valence-corrected chi connectivity index (χ2v) is 6.58. The third-order valence-corrected chi connectivity index (χ3v) is 4.83. The smallest absolute Gasteiger partial charge is 0.278 e. The Morgan fingerprint density at radius 3 is 2.48 bits per heavy atom. The molecule has 1 aromatic carbocycles. The van der Waals surface area contributed by atoms with Gasteiger partial charge in [0.1, 0.15) is 32.7 Å². The van der Waals surface area contributed by atoms with Gasteiger partial charge >= 0.3 is 0 Å². The van der Waals surface area contributed by atoms with E-state index in [-0.39, 0.29) is 11.9 Å². The summed E-state index contributed by atoms with van der Waals surface area (Å²) in [4.78, 5) is 15.2. The van der Waals surface area contributed by atoms with Crippen LogP contribution in [0.15, 0.2) is 30.3 Å². The largest absolute Gasteiger partial charge is 0.348 e. The summed E-state index contributed by atoms with van der Waals surface area (Å²) in [6.07, 6.45) is 2.34. The van der Waals surface area contributed by atoms with Crippen LogP contribution in [0, 0.1) is 0 Å². The molecule has 21 heavy (non-hydrogen) atoms. The van der Waals surface area contributed by atoms with Gasteiger partial charge in [-0.15, -0.1) is 0 Å². The van der Waals surface area contributed by atoms with E-state index in [0.717, 1.165) is 32.7 Å². The number of quaternary nitrogens is 2. The van der Waals surface area contributed by atoms with Crippen LogP contribution in [0.5, 0.6) is 0 Å². The number of benzene rings is 1. The van der Waals surface area contributed by atoms with Crippen molar-refractivity contribution in [2.45, 2.75) is 38.4 Å². The number of carbonyl (C=O) groups is 1. The first kappa shape index (κ1) is 14.5. The van der Waals surface area contributed by atoms with Crippen LogP contribution >= 0.6 is 0 Å². The molecule has 1 saturated carbocycles. The summed E-state index contributed by atoms with van der Waals surface area (Å²) in [5.41, 5.74) is 1.41. The molecule has 1 atom stereocenters. The zero-order valence-corrected chi connectivity index (χ0v) is 12.9. The van der Waals surface area contributed by atoms with Crippen molar-refractivity contribution < 1.29 is 14.6 Å². The summed E-state index contributed by atoms with van der Waals surface area (Å²) in [6.45, 7) is 7.70. The second kappa shape index (κ2) is 6.58. The van der Waals surface area contributed by atoms with E-state index >= 15 is 0 Å². The van der Waals surface area contributed by atoms with E-state index in [1.54, 1.807) is 4.90 Å². The van der Waals surface area contributed by atoms with Gasteiger partial charge in [0.2, 0.25) is 0 Å². The third-order valence-electron chi connectivity index (χ3n) is 4.83. The number of hydrogen-bond donors (Lipinski definition) is 3. The molecule has 1 aliphatic carbocycles. The first-order valence-electron chi connectivity index (χ1n) is 8.25. The van der Waals surface area contributed by atoms with Gasteiger partial charge in [0.25, 0.3) is 5.91 Å². The molecule has 2 fully saturated rings. The van der Waals surface area contributed by atoms with Gasteiger partial charge in [-0.1, -0.05) is 30.3 Å². The zero-order chi connectivity index (χ0) is 14.7. The van der Waals surface area contributed by atoms with Crippen LogP contribution in [0.2, 0.25) is 0 Å². The van der Waals surface area contributed by atoms with Crippen LogP contribution in [-0.4, -0.2) is 44.2 Å². The molecule has 3 rings (SSSR count). The number of piperazine rings is 1. The Hall–Kier alpha value is -1.39. The molecule has 114 valence electrons. The highest BCUT2D eigenvalue weighted by Crippen LogP contribution is 2.18. The monoisotopic (exact) mass is 289 g/mol. The minimum atomic E-state index is 0.101. The van der Waals surface area contributed by atoms with Crippen molar-refractivity contribution in [1.82, 2.24) is 5.32 Å². The molecular formula is C17H27N3O+2. The molecule has 1 aliphatic heterocycles. The van der Waals surface area contributed by atoms with Crippen LogP contribution in [0.25, 0.3) is 0 Å². The van der Waals surface area contributed by atoms with Crippen molar-refractivity contribution in [3.63, 3.8) is 0 Å². The summed E-state index contributed by atoms with van der Waals surface area (Å²) in [5.74, 6) is 0.249. The van der Waals surface area contributed by atoms with Crippen molar-refractivity contribution >= 4 is 5.91 Å². The lowest BCUT2D eigenvalue weighted by molar-refractivity contribution is -1.02. The Balaban J connectivity index is 1.44. The van der Waals surface area contributed by atoms with Crippen molar-refractivity contribution in [1.29, 1.82) is 0 Å². The van der Waals surface area contributed by atoms with E-state index in [2.05, 4.69) is 42.6 Å². The fraction of sp³-hybridized carbons (Fsp3) is 0.588. The number of carbonyl (C=O) groups excluding carboxylic acids is 1. The molecule has 1 aromatic rings. The summed E-state index contributed by atoms with van der Waals surface area (Å²) in [7, 11) is 0. The molecule has 0 radical (unpaired) electrons. The SMILES string of the molecule is C[C@@H](C(=O)NC1CC1)[NH+]1CC[NH+](Cc2ccccc2)CC1. The molecule has 1 heterocycles. The third kappa shape index (κ3) is 4.05. The van der Waals surface area contributed by atoms with Crippen LogP contribution in [-0.2, 0) is 11.3 Å². The van der Waals surface area contributed by atoms with Crippen molar-refractivity contribution in [2.24, 2.45) is 0 Å². The zero-order valence-electron chi connectivity index (χ0n) is 12.9. The molecule has 3 N–H and O–H groups in total. The molecule has 0 unspecified atom stereocenters. The van der Waals surface area contributed by atoms with Gasteiger partial charge < -0.3 is 15.1 Å². The topological polar surface area (TPSA) is 38.0 Å². The van der Waals surface area contributed by atoms with Gasteiger partial charge in [-0.25, -0.2) is 0 Å². The lowest BCUT2D eigenvalue weighted by Gasteiger charge is -2.32. The van der Waals surface area contributed by atoms with Crippen LogP contribution in [0.1, 0.15) is 25.3 Å². The molecule has 1 amide bonds. The fourth-order valence-electron chi connectivity index (χ4n) is 3.16. The van der Waals surface area contributed by atoms with E-state index < -0.39 is 0 Å². The summed E-state index contributed by atoms with van der Waals surface area (Å²) >= 11 is 0. The summed E-state index contributed by atoms with van der Waals surface area (Å²) in [5, 5.41) is 3.14. The van der Waals surface area contributed by atoms with Crippen LogP contribution in [0.4, 0.5) is 0 Å². The van der Waals surface area contributed by atoms with Crippen molar-refractivity contribution in [3.05, 3.63) is 35.9 Å². The first-order chi connectivity index (χ1) is 10.2. The van der Waals surface area contributed by atoms with E-state index in [9.17, 15) is 4.79 Å². The van der Waals surface area contributed by atoms with Gasteiger partial charge in [-0.3, -0.25) is 4.79 Å². The number of hydrogen-bond acceptors (Lipinski definition) is 1. The average Bonchev–Trinajstić information content (AvgIpc) is 3.32. The molecule has 0 aromatic heterocycles. The Kier molecular flexibility index (Phi) is 4.56. The van der Waals surface area contributed by atoms with E-state index in [0.29, 0.717) is 6.04 Å². The standard InChI is InChI=1S/C17H25N3O/c1-14(17(21)18-16-7-8-16)20-11-9-19(10-12-20)13-15-5-3-2-4-6-15/h2-6,14,16H,7-13H2,1H3,(H,18,21)/p+2/t14-/m0/s1. The predicted octanol–water partition coefficient (Wildman–Crippen LogP) is -1.36. The molecule has 0 spiro atoms. The normalized spacial score (nSPS) is 27.1. The molecule has 4 nitrogen and oxygen atoms in total. The van der Waals surface area contributed by atoms with Crippen molar-refractivity contribution in [3.8, 4) is 0 Å². The molecule has 2 aliphatic rings. The molecule has 4 heteroatoms. The Morgan fingerprint density at radius 1 is 1.19 bits per heavy atom. The predicted molar refractivity (Wildman–Crippen MR) is 82.2 cm³/mol. The maximum atomic E-state index is 12.1. The minimum absolute atomic E-state index is 0.101. The number of amides is 1. The van der Waals surface area contributed by atoms with E-state index in [4.69, 9.17) is 0 Å². The minimum Gasteiger partial charge on any atom is -0.348 e. The highest BCUT2D eigenvalue weighted by Gasteiger charge is 2.33. The van der Waals surface area contributed by atoms with Gasteiger partial charge in [-0.2, -0.15) is 0 Å². The highest BCUT2D eigenvalue weighted by molar-refractivity contribution is 5.80. The summed E-state index contributed by atoms with van der Waals surface area (Å²) < 4.78 is 0. The van der Waals surface area contributed by atoms with Gasteiger partial charge in [0, 0.05) is 11.6 Å².